The predicted octanol–water partition coefficient (Wildman–Crippen LogP) is 7.81. The zero-order chi connectivity index (χ0) is 25.7. The maximum Gasteiger partial charge on any atom is 0.573 e. The first-order valence-electron chi connectivity index (χ1n) is 11.3. The van der Waals surface area contributed by atoms with Crippen LogP contribution in [0.3, 0.4) is 0 Å². The number of halogens is 5. The Morgan fingerprint density at radius 3 is 2.43 bits per heavy atom. The van der Waals surface area contributed by atoms with Gasteiger partial charge in [-0.1, -0.05) is 47.5 Å². The molecule has 0 spiro atoms. The molecule has 5 aromatic rings. The predicted molar refractivity (Wildman–Crippen MR) is 137 cm³/mol. The minimum atomic E-state index is -4.83. The molecule has 0 fully saturated rings. The second-order valence-corrected chi connectivity index (χ2v) is 9.40. The van der Waals surface area contributed by atoms with Crippen LogP contribution in [0.2, 0.25) is 10.2 Å². The first kappa shape index (κ1) is 23.6. The van der Waals surface area contributed by atoms with Gasteiger partial charge in [-0.15, -0.1) is 13.2 Å². The van der Waals surface area contributed by atoms with Gasteiger partial charge in [0.2, 0.25) is 0 Å². The van der Waals surface area contributed by atoms with Crippen molar-refractivity contribution >= 4 is 39.8 Å². The van der Waals surface area contributed by atoms with Gasteiger partial charge in [0.05, 0.1) is 23.4 Å². The van der Waals surface area contributed by atoms with Gasteiger partial charge in [-0.25, -0.2) is 9.67 Å². The monoisotopic (exact) mass is 540 g/mol. The maximum atomic E-state index is 13.2. The highest BCUT2D eigenvalue weighted by Crippen LogP contribution is 2.39. The van der Waals surface area contributed by atoms with Crippen LogP contribution < -0.4 is 9.64 Å². The summed E-state index contributed by atoms with van der Waals surface area (Å²) in [6.07, 6.45) is -4.83. The van der Waals surface area contributed by atoms with Gasteiger partial charge < -0.3 is 9.64 Å². The van der Waals surface area contributed by atoms with Crippen molar-refractivity contribution < 1.29 is 17.9 Å². The Morgan fingerprint density at radius 1 is 0.865 bits per heavy atom. The Hall–Kier alpha value is -3.75. The van der Waals surface area contributed by atoms with E-state index in [0.717, 1.165) is 33.4 Å². The Labute approximate surface area is 219 Å². The fourth-order valence-electron chi connectivity index (χ4n) is 4.61. The molecule has 0 atom stereocenters. The molecule has 186 valence electrons. The van der Waals surface area contributed by atoms with Gasteiger partial charge in [0.15, 0.2) is 5.75 Å². The molecular formula is C27H17Cl2F3N4O. The van der Waals surface area contributed by atoms with E-state index < -0.39 is 6.36 Å². The molecule has 0 unspecified atom stereocenters. The maximum absolute atomic E-state index is 13.2. The highest BCUT2D eigenvalue weighted by atomic mass is 35.5. The van der Waals surface area contributed by atoms with E-state index >= 15 is 0 Å². The fourth-order valence-corrected chi connectivity index (χ4v) is 4.89. The summed E-state index contributed by atoms with van der Waals surface area (Å²) in [6.45, 7) is 1.000. The first-order valence-corrected chi connectivity index (χ1v) is 12.0. The fraction of sp³-hybridized carbons (Fsp3) is 0.111. The summed E-state index contributed by atoms with van der Waals surface area (Å²) >= 11 is 12.1. The number of fused-ring (bicyclic) bond motifs is 2. The number of nitrogens with zero attached hydrogens (tertiary/aromatic N) is 4. The Morgan fingerprint density at radius 2 is 1.65 bits per heavy atom. The quantitative estimate of drug-likeness (QED) is 0.218. The molecule has 0 saturated carbocycles. The second kappa shape index (κ2) is 8.97. The van der Waals surface area contributed by atoms with Crippen molar-refractivity contribution in [2.24, 2.45) is 0 Å². The molecule has 0 radical (unpaired) electrons. The van der Waals surface area contributed by atoms with Crippen LogP contribution in [-0.2, 0) is 13.1 Å². The lowest BCUT2D eigenvalue weighted by molar-refractivity contribution is -0.274. The van der Waals surface area contributed by atoms with E-state index in [1.54, 1.807) is 30.3 Å². The normalized spacial score (nSPS) is 13.3. The molecule has 6 rings (SSSR count). The number of aromatic nitrogens is 3. The number of rotatable bonds is 4. The van der Waals surface area contributed by atoms with Crippen LogP contribution in [-0.4, -0.2) is 21.1 Å². The van der Waals surface area contributed by atoms with Crippen molar-refractivity contribution in [1.82, 2.24) is 14.8 Å². The summed E-state index contributed by atoms with van der Waals surface area (Å²) in [5, 5.41) is 6.70. The van der Waals surface area contributed by atoms with Crippen molar-refractivity contribution in [2.75, 3.05) is 4.90 Å². The van der Waals surface area contributed by atoms with Crippen LogP contribution in [0.15, 0.2) is 78.9 Å². The van der Waals surface area contributed by atoms with Gasteiger partial charge in [-0.3, -0.25) is 0 Å². The summed E-state index contributed by atoms with van der Waals surface area (Å²) in [7, 11) is 0. The zero-order valence-electron chi connectivity index (χ0n) is 19.0. The molecule has 0 saturated heterocycles. The molecule has 0 N–H and O–H groups in total. The SMILES string of the molecule is FC(F)(F)Oc1ccccc1-n1nc2c(c1-c1ccc(Cl)cc1)CN(c1ccc3nc(Cl)ccc3c1)C2. The van der Waals surface area contributed by atoms with E-state index in [1.807, 2.05) is 36.4 Å². The van der Waals surface area contributed by atoms with Gasteiger partial charge in [0, 0.05) is 33.8 Å². The van der Waals surface area contributed by atoms with Gasteiger partial charge in [-0.2, -0.15) is 5.10 Å². The lowest BCUT2D eigenvalue weighted by Gasteiger charge is -2.20. The molecule has 3 aromatic carbocycles. The van der Waals surface area contributed by atoms with Gasteiger partial charge in [-0.05, 0) is 54.6 Å². The Kier molecular flexibility index (Phi) is 5.73. The third kappa shape index (κ3) is 4.58. The van der Waals surface area contributed by atoms with E-state index in [-0.39, 0.29) is 11.4 Å². The van der Waals surface area contributed by atoms with Crippen molar-refractivity contribution in [3.63, 3.8) is 0 Å². The van der Waals surface area contributed by atoms with Crippen molar-refractivity contribution in [3.05, 3.63) is 100 Å². The molecule has 1 aliphatic rings. The molecule has 5 nitrogen and oxygen atoms in total. The zero-order valence-corrected chi connectivity index (χ0v) is 20.5. The number of pyridine rings is 1. The van der Waals surface area contributed by atoms with Crippen molar-refractivity contribution in [1.29, 1.82) is 0 Å². The highest BCUT2D eigenvalue weighted by Gasteiger charge is 2.34. The minimum Gasteiger partial charge on any atom is -0.403 e. The standard InChI is InChI=1S/C27H17Cl2F3N4O/c28-18-8-5-16(6-9-18)26-20-14-35(19-10-11-21-17(13-19)7-12-25(29)33-21)15-22(20)34-36(26)23-3-1-2-4-24(23)37-27(30,31)32/h1-13H,14-15H2. The third-order valence-electron chi connectivity index (χ3n) is 6.20. The molecule has 2 aromatic heterocycles. The second-order valence-electron chi connectivity index (χ2n) is 8.58. The van der Waals surface area contributed by atoms with Crippen LogP contribution in [0.25, 0.3) is 27.8 Å². The van der Waals surface area contributed by atoms with Gasteiger partial charge >= 0.3 is 6.36 Å². The lowest BCUT2D eigenvalue weighted by Crippen LogP contribution is -2.19. The molecule has 0 bridgehead atoms. The molecule has 0 amide bonds. The Balaban J connectivity index is 1.44. The highest BCUT2D eigenvalue weighted by molar-refractivity contribution is 6.30. The summed E-state index contributed by atoms with van der Waals surface area (Å²) in [5.74, 6) is -0.330. The molecule has 1 aliphatic heterocycles. The van der Waals surface area contributed by atoms with E-state index in [1.165, 1.54) is 16.8 Å². The number of anilines is 1. The van der Waals surface area contributed by atoms with E-state index in [4.69, 9.17) is 28.3 Å². The van der Waals surface area contributed by atoms with E-state index in [2.05, 4.69) is 14.6 Å². The average molecular weight is 541 g/mol. The van der Waals surface area contributed by atoms with Gasteiger partial charge in [0.25, 0.3) is 0 Å². The van der Waals surface area contributed by atoms with Crippen LogP contribution in [0.5, 0.6) is 5.75 Å². The number of alkyl halides is 3. The summed E-state index contributed by atoms with van der Waals surface area (Å²) in [5.41, 5.74) is 5.10. The number of benzene rings is 3. The van der Waals surface area contributed by atoms with Crippen LogP contribution >= 0.6 is 23.2 Å². The smallest absolute Gasteiger partial charge is 0.403 e. The first-order chi connectivity index (χ1) is 17.7. The summed E-state index contributed by atoms with van der Waals surface area (Å²) < 4.78 is 45.3. The summed E-state index contributed by atoms with van der Waals surface area (Å²) in [4.78, 5) is 6.50. The van der Waals surface area contributed by atoms with E-state index in [0.29, 0.717) is 29.0 Å². The number of hydrogen-bond acceptors (Lipinski definition) is 4. The van der Waals surface area contributed by atoms with Crippen molar-refractivity contribution in [3.8, 4) is 22.7 Å². The number of para-hydroxylation sites is 2. The van der Waals surface area contributed by atoms with Crippen LogP contribution in [0, 0.1) is 0 Å². The van der Waals surface area contributed by atoms with E-state index in [9.17, 15) is 13.2 Å². The number of hydrogen-bond donors (Lipinski definition) is 0. The molecule has 0 aliphatic carbocycles. The molecular weight excluding hydrogens is 524 g/mol. The Bertz CT molecular complexity index is 1630. The summed E-state index contributed by atoms with van der Waals surface area (Å²) in [6, 6.07) is 22.7. The third-order valence-corrected chi connectivity index (χ3v) is 6.66. The van der Waals surface area contributed by atoms with Gasteiger partial charge in [0.1, 0.15) is 10.8 Å². The molecule has 3 heterocycles. The largest absolute Gasteiger partial charge is 0.573 e. The average Bonchev–Trinajstić information content (AvgIpc) is 3.42. The number of ether oxygens (including phenoxy) is 1. The van der Waals surface area contributed by atoms with Crippen molar-refractivity contribution in [2.45, 2.75) is 19.5 Å². The molecule has 10 heteroatoms. The van der Waals surface area contributed by atoms with Crippen LogP contribution in [0.1, 0.15) is 11.3 Å². The van der Waals surface area contributed by atoms with Crippen LogP contribution in [0.4, 0.5) is 18.9 Å². The topological polar surface area (TPSA) is 43.2 Å². The molecule has 37 heavy (non-hydrogen) atoms. The lowest BCUT2D eigenvalue weighted by atomic mass is 10.1. The minimum absolute atomic E-state index is 0.194.